The van der Waals surface area contributed by atoms with Crippen LogP contribution in [0.3, 0.4) is 0 Å². The predicted octanol–water partition coefficient (Wildman–Crippen LogP) is 0.299. The Kier molecular flexibility index (Phi) is 4.86. The van der Waals surface area contributed by atoms with Crippen LogP contribution in [0.4, 0.5) is 0 Å². The lowest BCUT2D eigenvalue weighted by Gasteiger charge is -2.29. The monoisotopic (exact) mass is 283 g/mol. The van der Waals surface area contributed by atoms with Crippen molar-refractivity contribution in [3.05, 3.63) is 0 Å². The molecule has 0 saturated carbocycles. The maximum atomic E-state index is 12.1. The van der Waals surface area contributed by atoms with Gasteiger partial charge in [-0.1, -0.05) is 20.8 Å². The highest BCUT2D eigenvalue weighted by Gasteiger charge is 2.35. The first kappa shape index (κ1) is 16.1. The molecule has 1 rings (SSSR count). The molecule has 0 aromatic rings. The molecule has 0 saturated heterocycles. The number of amides is 2. The Hall–Kier alpha value is -1.92. The van der Waals surface area contributed by atoms with Gasteiger partial charge in [0.2, 0.25) is 5.91 Å². The van der Waals surface area contributed by atoms with Gasteiger partial charge in [-0.15, -0.1) is 0 Å². The molecule has 1 N–H and O–H groups in total. The number of esters is 1. The van der Waals surface area contributed by atoms with Crippen molar-refractivity contribution in [3.63, 3.8) is 0 Å². The van der Waals surface area contributed by atoms with Crippen LogP contribution in [0.1, 0.15) is 33.6 Å². The zero-order valence-corrected chi connectivity index (χ0v) is 12.5. The fourth-order valence-corrected chi connectivity index (χ4v) is 1.79. The van der Waals surface area contributed by atoms with Crippen molar-refractivity contribution in [1.82, 2.24) is 10.3 Å². The fourth-order valence-electron chi connectivity index (χ4n) is 1.79. The van der Waals surface area contributed by atoms with Crippen LogP contribution in [0.2, 0.25) is 0 Å². The summed E-state index contributed by atoms with van der Waals surface area (Å²) in [4.78, 5) is 35.2. The highest BCUT2D eigenvalue weighted by atomic mass is 16.5. The zero-order valence-electron chi connectivity index (χ0n) is 12.5. The number of ether oxygens (including phenoxy) is 1. The van der Waals surface area contributed by atoms with Gasteiger partial charge in [0, 0.05) is 19.9 Å². The largest absolute Gasteiger partial charge is 0.467 e. The third kappa shape index (κ3) is 3.79. The van der Waals surface area contributed by atoms with E-state index in [9.17, 15) is 14.4 Å². The lowest BCUT2D eigenvalue weighted by Crippen LogP contribution is -2.52. The van der Waals surface area contributed by atoms with Gasteiger partial charge < -0.3 is 10.1 Å². The number of rotatable bonds is 3. The molecule has 1 heterocycles. The molecule has 0 fully saturated rings. The first-order chi connectivity index (χ1) is 9.16. The van der Waals surface area contributed by atoms with Crippen molar-refractivity contribution in [2.45, 2.75) is 39.7 Å². The Morgan fingerprint density at radius 3 is 2.40 bits per heavy atom. The van der Waals surface area contributed by atoms with E-state index >= 15 is 0 Å². The van der Waals surface area contributed by atoms with Gasteiger partial charge in [-0.2, -0.15) is 5.10 Å². The first-order valence-corrected chi connectivity index (χ1v) is 6.39. The highest BCUT2D eigenvalue weighted by Crippen LogP contribution is 2.20. The van der Waals surface area contributed by atoms with Crippen LogP contribution < -0.4 is 5.32 Å². The molecule has 1 aliphatic heterocycles. The van der Waals surface area contributed by atoms with E-state index < -0.39 is 23.3 Å². The maximum absolute atomic E-state index is 12.1. The molecule has 1 aliphatic rings. The quantitative estimate of drug-likeness (QED) is 0.754. The Balaban J connectivity index is 2.85. The summed E-state index contributed by atoms with van der Waals surface area (Å²) >= 11 is 0. The molecule has 7 heteroatoms. The van der Waals surface area contributed by atoms with Crippen molar-refractivity contribution < 1.29 is 19.1 Å². The van der Waals surface area contributed by atoms with Crippen molar-refractivity contribution in [3.8, 4) is 0 Å². The van der Waals surface area contributed by atoms with E-state index in [0.717, 1.165) is 5.01 Å². The SMILES string of the molecule is COC(=O)C(NC(=O)C1=NN(C)C(=O)CC1)C(C)(C)C. The van der Waals surface area contributed by atoms with Gasteiger partial charge in [0.25, 0.3) is 5.91 Å². The topological polar surface area (TPSA) is 88.1 Å². The number of methoxy groups -OCH3 is 1. The zero-order chi connectivity index (χ0) is 15.5. The Labute approximate surface area is 118 Å². The minimum atomic E-state index is -0.773. The van der Waals surface area contributed by atoms with Gasteiger partial charge in [-0.3, -0.25) is 9.59 Å². The number of nitrogens with zero attached hydrogens (tertiary/aromatic N) is 2. The van der Waals surface area contributed by atoms with Crippen LogP contribution in [-0.2, 0) is 19.1 Å². The van der Waals surface area contributed by atoms with E-state index in [-0.39, 0.29) is 24.5 Å². The molecular formula is C13H21N3O4. The predicted molar refractivity (Wildman–Crippen MR) is 72.8 cm³/mol. The molecule has 2 amide bonds. The van der Waals surface area contributed by atoms with Gasteiger partial charge in [0.05, 0.1) is 7.11 Å². The fraction of sp³-hybridized carbons (Fsp3) is 0.692. The summed E-state index contributed by atoms with van der Waals surface area (Å²) in [5.41, 5.74) is -0.245. The van der Waals surface area contributed by atoms with Gasteiger partial charge in [0.1, 0.15) is 11.8 Å². The minimum Gasteiger partial charge on any atom is -0.467 e. The molecular weight excluding hydrogens is 262 g/mol. The van der Waals surface area contributed by atoms with E-state index in [2.05, 4.69) is 10.4 Å². The van der Waals surface area contributed by atoms with Crippen molar-refractivity contribution in [2.24, 2.45) is 10.5 Å². The minimum absolute atomic E-state index is 0.137. The average Bonchev–Trinajstić information content (AvgIpc) is 2.36. The summed E-state index contributed by atoms with van der Waals surface area (Å²) in [5.74, 6) is -1.09. The van der Waals surface area contributed by atoms with Crippen LogP contribution in [0.15, 0.2) is 5.10 Å². The summed E-state index contributed by atoms with van der Waals surface area (Å²) in [6.07, 6.45) is 0.508. The van der Waals surface area contributed by atoms with Gasteiger partial charge >= 0.3 is 5.97 Å². The van der Waals surface area contributed by atoms with E-state index in [1.54, 1.807) is 0 Å². The van der Waals surface area contributed by atoms with Crippen molar-refractivity contribution in [2.75, 3.05) is 14.2 Å². The summed E-state index contributed by atoms with van der Waals surface area (Å²) in [7, 11) is 2.77. The molecule has 0 aromatic heterocycles. The third-order valence-electron chi connectivity index (χ3n) is 3.05. The van der Waals surface area contributed by atoms with E-state index in [0.29, 0.717) is 0 Å². The standard InChI is InChI=1S/C13H21N3O4/c1-13(2,3)10(12(19)20-5)14-11(18)8-6-7-9(17)16(4)15-8/h10H,6-7H2,1-5H3,(H,14,18). The summed E-state index contributed by atoms with van der Waals surface area (Å²) in [5, 5.41) is 7.69. The Morgan fingerprint density at radius 1 is 1.35 bits per heavy atom. The van der Waals surface area contributed by atoms with E-state index in [4.69, 9.17) is 4.74 Å². The van der Waals surface area contributed by atoms with Gasteiger partial charge in [0.15, 0.2) is 0 Å². The molecule has 1 atom stereocenters. The maximum Gasteiger partial charge on any atom is 0.328 e. The molecule has 0 spiro atoms. The molecule has 1 unspecified atom stereocenters. The molecule has 0 aromatic carbocycles. The normalized spacial score (nSPS) is 17.4. The number of carbonyl (C=O) groups excluding carboxylic acids is 3. The van der Waals surface area contributed by atoms with Crippen molar-refractivity contribution in [1.29, 1.82) is 0 Å². The highest BCUT2D eigenvalue weighted by molar-refractivity contribution is 6.39. The first-order valence-electron chi connectivity index (χ1n) is 6.39. The summed E-state index contributed by atoms with van der Waals surface area (Å²) in [6, 6.07) is -0.773. The second kappa shape index (κ2) is 6.02. The van der Waals surface area contributed by atoms with E-state index in [1.807, 2.05) is 20.8 Å². The van der Waals surface area contributed by atoms with Gasteiger partial charge in [-0.05, 0) is 5.41 Å². The lowest BCUT2D eigenvalue weighted by atomic mass is 9.86. The molecule has 0 aliphatic carbocycles. The average molecular weight is 283 g/mol. The number of hydrogen-bond donors (Lipinski definition) is 1. The summed E-state index contributed by atoms with van der Waals surface area (Å²) in [6.45, 7) is 5.48. The number of carbonyl (C=O) groups is 3. The molecule has 7 nitrogen and oxygen atoms in total. The second-order valence-electron chi connectivity index (χ2n) is 5.76. The third-order valence-corrected chi connectivity index (χ3v) is 3.05. The van der Waals surface area contributed by atoms with E-state index in [1.165, 1.54) is 14.2 Å². The van der Waals surface area contributed by atoms with Crippen molar-refractivity contribution >= 4 is 23.5 Å². The smallest absolute Gasteiger partial charge is 0.328 e. The number of hydrazone groups is 1. The lowest BCUT2D eigenvalue weighted by molar-refractivity contribution is -0.147. The van der Waals surface area contributed by atoms with Gasteiger partial charge in [-0.25, -0.2) is 9.80 Å². The van der Waals surface area contributed by atoms with Crippen LogP contribution in [0.5, 0.6) is 0 Å². The second-order valence-corrected chi connectivity index (χ2v) is 5.76. The Bertz CT molecular complexity index is 451. The summed E-state index contributed by atoms with van der Waals surface area (Å²) < 4.78 is 4.71. The number of hydrogen-bond acceptors (Lipinski definition) is 5. The molecule has 112 valence electrons. The van der Waals surface area contributed by atoms with Crippen LogP contribution in [0.25, 0.3) is 0 Å². The molecule has 20 heavy (non-hydrogen) atoms. The van der Waals surface area contributed by atoms with Crippen LogP contribution >= 0.6 is 0 Å². The molecule has 0 bridgehead atoms. The van der Waals surface area contributed by atoms with Crippen LogP contribution in [0, 0.1) is 5.41 Å². The van der Waals surface area contributed by atoms with Crippen LogP contribution in [-0.4, -0.2) is 48.7 Å². The molecule has 0 radical (unpaired) electrons. The Morgan fingerprint density at radius 2 is 1.95 bits per heavy atom. The number of nitrogens with one attached hydrogen (secondary N) is 1.